The van der Waals surface area contributed by atoms with Crippen LogP contribution in [0, 0.1) is 0 Å². The first-order valence-corrected chi connectivity index (χ1v) is 11.0. The molecule has 0 atom stereocenters. The van der Waals surface area contributed by atoms with Crippen molar-refractivity contribution < 1.29 is 27.5 Å². The Morgan fingerprint density at radius 1 is 1.21 bits per heavy atom. The summed E-state index contributed by atoms with van der Waals surface area (Å²) in [6.45, 7) is 5.90. The Morgan fingerprint density at radius 2 is 1.86 bits per heavy atom. The highest BCUT2D eigenvalue weighted by atomic mass is 32.2. The fourth-order valence-corrected chi connectivity index (χ4v) is 4.08. The van der Waals surface area contributed by atoms with Crippen LogP contribution in [0.15, 0.2) is 23.1 Å². The van der Waals surface area contributed by atoms with Crippen molar-refractivity contribution in [1.82, 2.24) is 14.9 Å². The summed E-state index contributed by atoms with van der Waals surface area (Å²) in [5.74, 6) is -1.15. The third-order valence-electron chi connectivity index (χ3n) is 4.50. The van der Waals surface area contributed by atoms with Crippen LogP contribution < -0.4 is 10.0 Å². The molecule has 9 nitrogen and oxygen atoms in total. The van der Waals surface area contributed by atoms with Gasteiger partial charge in [0.1, 0.15) is 5.60 Å². The molecule has 3 rings (SSSR count). The number of hydrogen-bond acceptors (Lipinski definition) is 6. The molecule has 1 heterocycles. The van der Waals surface area contributed by atoms with Crippen LogP contribution in [0.4, 0.5) is 4.79 Å². The third kappa shape index (κ3) is 5.13. The first-order valence-electron chi connectivity index (χ1n) is 9.47. The maximum absolute atomic E-state index is 12.5. The number of amides is 3. The van der Waals surface area contributed by atoms with E-state index in [1.165, 1.54) is 18.2 Å². The quantitative estimate of drug-likeness (QED) is 0.508. The minimum absolute atomic E-state index is 0.0442. The highest BCUT2D eigenvalue weighted by Crippen LogP contribution is 2.28. The van der Waals surface area contributed by atoms with Crippen LogP contribution in [-0.2, 0) is 14.8 Å². The lowest BCUT2D eigenvalue weighted by molar-refractivity contribution is 0.0232. The Hall–Kier alpha value is -2.46. The molecule has 0 bridgehead atoms. The standard InChI is InChI=1S/C19H25N3O6S/c1-19(2,3)28-18(25)22(12-5-6-12)10-4-9-20-29(26,27)13-7-8-14-15(11-13)17(24)21-16(14)23/h7-8,11-12,20H,4-6,9-10H2,1-3H3,(H,21,23,24). The highest BCUT2D eigenvalue weighted by Gasteiger charge is 2.35. The van der Waals surface area contributed by atoms with Gasteiger partial charge in [-0.1, -0.05) is 0 Å². The van der Waals surface area contributed by atoms with Crippen LogP contribution in [0.25, 0.3) is 0 Å². The lowest BCUT2D eigenvalue weighted by Gasteiger charge is -2.27. The van der Waals surface area contributed by atoms with Crippen molar-refractivity contribution in [3.05, 3.63) is 29.3 Å². The number of rotatable bonds is 7. The molecule has 10 heteroatoms. The lowest BCUT2D eigenvalue weighted by Crippen LogP contribution is -2.39. The van der Waals surface area contributed by atoms with E-state index < -0.39 is 33.5 Å². The van der Waals surface area contributed by atoms with Crippen LogP contribution in [-0.4, -0.2) is 56.0 Å². The normalized spacial score (nSPS) is 16.4. The fraction of sp³-hybridized carbons (Fsp3) is 0.526. The van der Waals surface area contributed by atoms with Crippen molar-refractivity contribution in [2.24, 2.45) is 0 Å². The van der Waals surface area contributed by atoms with E-state index in [0.717, 1.165) is 12.8 Å². The van der Waals surface area contributed by atoms with Crippen LogP contribution in [0.2, 0.25) is 0 Å². The van der Waals surface area contributed by atoms with E-state index in [9.17, 15) is 22.8 Å². The second-order valence-corrected chi connectivity index (χ2v) is 9.91. The number of ether oxygens (including phenoxy) is 1. The maximum atomic E-state index is 12.5. The maximum Gasteiger partial charge on any atom is 0.410 e. The van der Waals surface area contributed by atoms with Crippen LogP contribution >= 0.6 is 0 Å². The molecule has 1 aromatic rings. The Balaban J connectivity index is 1.57. The second-order valence-electron chi connectivity index (χ2n) is 8.15. The molecule has 1 aliphatic carbocycles. The average Bonchev–Trinajstić information content (AvgIpc) is 3.39. The van der Waals surface area contributed by atoms with E-state index in [0.29, 0.717) is 13.0 Å². The van der Waals surface area contributed by atoms with Gasteiger partial charge in [-0.05, 0) is 58.2 Å². The molecular formula is C19H25N3O6S. The number of sulfonamides is 1. The van der Waals surface area contributed by atoms with Gasteiger partial charge >= 0.3 is 6.09 Å². The van der Waals surface area contributed by atoms with E-state index >= 15 is 0 Å². The third-order valence-corrected chi connectivity index (χ3v) is 5.96. The molecule has 2 N–H and O–H groups in total. The number of hydrogen-bond donors (Lipinski definition) is 2. The summed E-state index contributed by atoms with van der Waals surface area (Å²) < 4.78 is 32.9. The Labute approximate surface area is 169 Å². The number of nitrogens with zero attached hydrogens (tertiary/aromatic N) is 1. The van der Waals surface area contributed by atoms with E-state index in [2.05, 4.69) is 10.0 Å². The molecule has 29 heavy (non-hydrogen) atoms. The van der Waals surface area contributed by atoms with Crippen molar-refractivity contribution >= 4 is 27.9 Å². The van der Waals surface area contributed by atoms with Gasteiger partial charge in [0.15, 0.2) is 0 Å². The summed E-state index contributed by atoms with van der Waals surface area (Å²) in [4.78, 5) is 37.2. The van der Waals surface area contributed by atoms with Gasteiger partial charge in [-0.25, -0.2) is 17.9 Å². The van der Waals surface area contributed by atoms with E-state index in [-0.39, 0.29) is 28.6 Å². The predicted octanol–water partition coefficient (Wildman–Crippen LogP) is 1.64. The summed E-state index contributed by atoms with van der Waals surface area (Å²) in [7, 11) is -3.85. The van der Waals surface area contributed by atoms with Gasteiger partial charge in [-0.2, -0.15) is 0 Å². The number of carbonyl (C=O) groups excluding carboxylic acids is 3. The van der Waals surface area contributed by atoms with Gasteiger partial charge in [0, 0.05) is 19.1 Å². The largest absolute Gasteiger partial charge is 0.444 e. The van der Waals surface area contributed by atoms with Crippen LogP contribution in [0.3, 0.4) is 0 Å². The minimum atomic E-state index is -3.85. The van der Waals surface area contributed by atoms with Gasteiger partial charge < -0.3 is 9.64 Å². The van der Waals surface area contributed by atoms with Crippen molar-refractivity contribution in [1.29, 1.82) is 0 Å². The summed E-state index contributed by atoms with van der Waals surface area (Å²) in [5, 5.41) is 2.13. The summed E-state index contributed by atoms with van der Waals surface area (Å²) >= 11 is 0. The Morgan fingerprint density at radius 3 is 2.48 bits per heavy atom. The molecule has 1 aliphatic heterocycles. The van der Waals surface area contributed by atoms with Crippen molar-refractivity contribution in [2.45, 2.75) is 56.6 Å². The number of fused-ring (bicyclic) bond motifs is 1. The summed E-state index contributed by atoms with van der Waals surface area (Å²) in [5.41, 5.74) is -0.387. The molecule has 0 radical (unpaired) electrons. The Kier molecular flexibility index (Phi) is 5.68. The van der Waals surface area contributed by atoms with Crippen LogP contribution in [0.5, 0.6) is 0 Å². The molecule has 0 spiro atoms. The highest BCUT2D eigenvalue weighted by molar-refractivity contribution is 7.89. The number of carbonyl (C=O) groups is 3. The molecule has 158 valence electrons. The molecule has 1 saturated carbocycles. The SMILES string of the molecule is CC(C)(C)OC(=O)N(CCCNS(=O)(=O)c1ccc2c(c1)C(=O)NC2=O)C1CC1. The van der Waals surface area contributed by atoms with Crippen LogP contribution in [0.1, 0.15) is 60.7 Å². The molecule has 1 fully saturated rings. The molecule has 3 amide bonds. The van der Waals surface area contributed by atoms with Gasteiger partial charge in [0.05, 0.1) is 16.0 Å². The van der Waals surface area contributed by atoms with Gasteiger partial charge in [-0.15, -0.1) is 0 Å². The Bertz CT molecular complexity index is 947. The predicted molar refractivity (Wildman–Crippen MR) is 104 cm³/mol. The zero-order valence-corrected chi connectivity index (χ0v) is 17.5. The van der Waals surface area contributed by atoms with Gasteiger partial charge in [0.25, 0.3) is 11.8 Å². The topological polar surface area (TPSA) is 122 Å². The number of benzene rings is 1. The molecule has 1 aromatic carbocycles. The van der Waals surface area contributed by atoms with E-state index in [4.69, 9.17) is 4.74 Å². The van der Waals surface area contributed by atoms with E-state index in [1.807, 2.05) is 0 Å². The number of nitrogens with one attached hydrogen (secondary N) is 2. The minimum Gasteiger partial charge on any atom is -0.444 e. The van der Waals surface area contributed by atoms with Crippen molar-refractivity contribution in [3.63, 3.8) is 0 Å². The summed E-state index contributed by atoms with van der Waals surface area (Å²) in [6, 6.07) is 3.95. The first-order chi connectivity index (χ1) is 13.5. The van der Waals surface area contributed by atoms with Crippen molar-refractivity contribution in [3.8, 4) is 0 Å². The number of imide groups is 1. The molecule has 2 aliphatic rings. The molecule has 0 unspecified atom stereocenters. The van der Waals surface area contributed by atoms with Gasteiger partial charge in [0.2, 0.25) is 10.0 Å². The average molecular weight is 423 g/mol. The molecular weight excluding hydrogens is 398 g/mol. The van der Waals surface area contributed by atoms with Gasteiger partial charge in [-0.3, -0.25) is 14.9 Å². The van der Waals surface area contributed by atoms with Crippen molar-refractivity contribution in [2.75, 3.05) is 13.1 Å². The zero-order chi connectivity index (χ0) is 21.4. The zero-order valence-electron chi connectivity index (χ0n) is 16.6. The fourth-order valence-electron chi connectivity index (χ4n) is 2.98. The smallest absolute Gasteiger partial charge is 0.410 e. The monoisotopic (exact) mass is 423 g/mol. The first kappa shape index (κ1) is 21.3. The lowest BCUT2D eigenvalue weighted by atomic mass is 10.1. The molecule has 0 saturated heterocycles. The second kappa shape index (κ2) is 7.75. The molecule has 0 aromatic heterocycles. The summed E-state index contributed by atoms with van der Waals surface area (Å²) in [6.07, 6.45) is 1.86. The van der Waals surface area contributed by atoms with E-state index in [1.54, 1.807) is 25.7 Å².